The SMILES string of the molecule is CC[C@H]1O[C@@H](n2cnc3c(=O)[nH]c(C)nc32)C(C)(C)[C@@H]1O. The van der Waals surface area contributed by atoms with Crippen LogP contribution in [0.2, 0.25) is 0 Å². The summed E-state index contributed by atoms with van der Waals surface area (Å²) in [7, 11) is 0. The maximum Gasteiger partial charge on any atom is 0.279 e. The zero-order chi connectivity index (χ0) is 15.4. The maximum atomic E-state index is 11.9. The third-order valence-electron chi connectivity index (χ3n) is 4.26. The summed E-state index contributed by atoms with van der Waals surface area (Å²) in [5.74, 6) is 0.526. The van der Waals surface area contributed by atoms with Crippen molar-refractivity contribution >= 4 is 11.2 Å². The van der Waals surface area contributed by atoms with Crippen molar-refractivity contribution in [3.8, 4) is 0 Å². The summed E-state index contributed by atoms with van der Waals surface area (Å²) in [5.41, 5.74) is 0.0133. The Labute approximate surface area is 122 Å². The van der Waals surface area contributed by atoms with Crippen LogP contribution in [0.4, 0.5) is 0 Å². The van der Waals surface area contributed by atoms with E-state index in [1.165, 1.54) is 0 Å². The molecule has 7 nitrogen and oxygen atoms in total. The Balaban J connectivity index is 2.15. The number of aliphatic hydroxyl groups excluding tert-OH is 1. The molecule has 3 rings (SSSR count). The quantitative estimate of drug-likeness (QED) is 0.865. The van der Waals surface area contributed by atoms with Gasteiger partial charge in [0.2, 0.25) is 0 Å². The Hall–Kier alpha value is -1.73. The number of imidazole rings is 1. The van der Waals surface area contributed by atoms with Crippen LogP contribution in [0.5, 0.6) is 0 Å². The minimum atomic E-state index is -0.576. The monoisotopic (exact) mass is 292 g/mol. The zero-order valence-electron chi connectivity index (χ0n) is 12.6. The molecule has 1 aliphatic rings. The zero-order valence-corrected chi connectivity index (χ0v) is 12.6. The number of nitrogens with one attached hydrogen (secondary N) is 1. The van der Waals surface area contributed by atoms with Crippen molar-refractivity contribution in [2.24, 2.45) is 5.41 Å². The van der Waals surface area contributed by atoms with Crippen molar-refractivity contribution in [1.82, 2.24) is 19.5 Å². The van der Waals surface area contributed by atoms with E-state index in [1.54, 1.807) is 17.8 Å². The van der Waals surface area contributed by atoms with Gasteiger partial charge in [-0.25, -0.2) is 9.97 Å². The van der Waals surface area contributed by atoms with Gasteiger partial charge in [-0.1, -0.05) is 20.8 Å². The predicted octanol–water partition coefficient (Wildman–Crippen LogP) is 1.12. The number of nitrogens with zero attached hydrogens (tertiary/aromatic N) is 3. The molecule has 1 aliphatic heterocycles. The molecule has 0 spiro atoms. The topological polar surface area (TPSA) is 93.0 Å². The van der Waals surface area contributed by atoms with Crippen molar-refractivity contribution in [3.05, 3.63) is 22.5 Å². The highest BCUT2D eigenvalue weighted by molar-refractivity contribution is 5.69. The minimum Gasteiger partial charge on any atom is -0.390 e. The lowest BCUT2D eigenvalue weighted by Crippen LogP contribution is -2.34. The summed E-state index contributed by atoms with van der Waals surface area (Å²) in [6.45, 7) is 7.60. The predicted molar refractivity (Wildman–Crippen MR) is 76.9 cm³/mol. The van der Waals surface area contributed by atoms with Crippen LogP contribution >= 0.6 is 0 Å². The summed E-state index contributed by atoms with van der Waals surface area (Å²) in [6, 6.07) is 0. The molecule has 3 heterocycles. The van der Waals surface area contributed by atoms with Gasteiger partial charge in [-0.3, -0.25) is 9.36 Å². The minimum absolute atomic E-state index is 0.231. The fourth-order valence-corrected chi connectivity index (χ4v) is 2.99. The van der Waals surface area contributed by atoms with E-state index in [4.69, 9.17) is 4.74 Å². The van der Waals surface area contributed by atoms with Crippen molar-refractivity contribution in [3.63, 3.8) is 0 Å². The third kappa shape index (κ3) is 1.99. The van der Waals surface area contributed by atoms with Gasteiger partial charge in [0, 0.05) is 5.41 Å². The van der Waals surface area contributed by atoms with E-state index in [9.17, 15) is 9.90 Å². The van der Waals surface area contributed by atoms with Crippen LogP contribution in [-0.2, 0) is 4.74 Å². The van der Waals surface area contributed by atoms with Crippen LogP contribution < -0.4 is 5.56 Å². The maximum absolute atomic E-state index is 11.9. The van der Waals surface area contributed by atoms with Crippen molar-refractivity contribution in [2.75, 3.05) is 0 Å². The van der Waals surface area contributed by atoms with E-state index >= 15 is 0 Å². The number of hydrogen-bond donors (Lipinski definition) is 2. The summed E-state index contributed by atoms with van der Waals surface area (Å²) in [6.07, 6.45) is 1.07. The first-order valence-corrected chi connectivity index (χ1v) is 7.13. The Kier molecular flexibility index (Phi) is 3.14. The lowest BCUT2D eigenvalue weighted by molar-refractivity contribution is -0.0304. The molecule has 0 unspecified atom stereocenters. The normalized spacial score (nSPS) is 28.3. The second kappa shape index (κ2) is 4.64. The molecule has 1 saturated heterocycles. The van der Waals surface area contributed by atoms with Crippen molar-refractivity contribution < 1.29 is 9.84 Å². The molecular weight excluding hydrogens is 272 g/mol. The first-order valence-electron chi connectivity index (χ1n) is 7.13. The fraction of sp³-hybridized carbons (Fsp3) is 0.643. The van der Waals surface area contributed by atoms with Gasteiger partial charge in [0.15, 0.2) is 11.2 Å². The number of H-pyrrole nitrogens is 1. The first-order chi connectivity index (χ1) is 9.86. The van der Waals surface area contributed by atoms with Crippen LogP contribution in [0.3, 0.4) is 0 Å². The number of aromatic amines is 1. The second-order valence-corrected chi connectivity index (χ2v) is 6.18. The molecule has 0 aromatic carbocycles. The fourth-order valence-electron chi connectivity index (χ4n) is 2.99. The number of aromatic nitrogens is 4. The molecule has 7 heteroatoms. The molecule has 0 bridgehead atoms. The molecule has 114 valence electrons. The van der Waals surface area contributed by atoms with Crippen LogP contribution in [0.15, 0.2) is 11.1 Å². The van der Waals surface area contributed by atoms with E-state index < -0.39 is 17.7 Å². The standard InChI is InChI=1S/C14H20N4O3/c1-5-8-10(19)14(3,4)13(21-8)18-6-15-9-11(18)16-7(2)17-12(9)20/h6,8,10,13,19H,5H2,1-4H3,(H,16,17,20)/t8-,10-,13-/m1/s1. The van der Waals surface area contributed by atoms with Gasteiger partial charge in [0.05, 0.1) is 18.5 Å². The molecule has 0 amide bonds. The van der Waals surface area contributed by atoms with E-state index in [0.717, 1.165) is 6.42 Å². The van der Waals surface area contributed by atoms with Crippen LogP contribution in [0, 0.1) is 12.3 Å². The number of ether oxygens (including phenoxy) is 1. The average Bonchev–Trinajstić information content (AvgIpc) is 2.91. The molecule has 2 aromatic heterocycles. The Bertz CT molecular complexity index is 733. The van der Waals surface area contributed by atoms with Crippen molar-refractivity contribution in [2.45, 2.75) is 52.6 Å². The van der Waals surface area contributed by atoms with Gasteiger partial charge in [-0.15, -0.1) is 0 Å². The van der Waals surface area contributed by atoms with Crippen LogP contribution in [-0.4, -0.2) is 36.8 Å². The number of aliphatic hydroxyl groups is 1. The molecule has 0 radical (unpaired) electrons. The Morgan fingerprint density at radius 1 is 1.52 bits per heavy atom. The number of rotatable bonds is 2. The largest absolute Gasteiger partial charge is 0.390 e. The molecule has 3 atom stereocenters. The summed E-state index contributed by atoms with van der Waals surface area (Å²) in [5, 5.41) is 10.4. The third-order valence-corrected chi connectivity index (χ3v) is 4.26. The summed E-state index contributed by atoms with van der Waals surface area (Å²) >= 11 is 0. The molecule has 2 aromatic rings. The summed E-state index contributed by atoms with van der Waals surface area (Å²) < 4.78 is 7.74. The second-order valence-electron chi connectivity index (χ2n) is 6.18. The van der Waals surface area contributed by atoms with Gasteiger partial charge in [0.1, 0.15) is 12.1 Å². The Morgan fingerprint density at radius 3 is 2.86 bits per heavy atom. The number of hydrogen-bond acceptors (Lipinski definition) is 5. The average molecular weight is 292 g/mol. The van der Waals surface area contributed by atoms with E-state index in [-0.39, 0.29) is 17.2 Å². The summed E-state index contributed by atoms with van der Waals surface area (Å²) in [4.78, 5) is 23.1. The highest BCUT2D eigenvalue weighted by Gasteiger charge is 2.50. The van der Waals surface area contributed by atoms with Crippen molar-refractivity contribution in [1.29, 1.82) is 0 Å². The number of fused-ring (bicyclic) bond motifs is 1. The van der Waals surface area contributed by atoms with Gasteiger partial charge in [0.25, 0.3) is 5.56 Å². The molecule has 1 fully saturated rings. The number of aryl methyl sites for hydroxylation is 1. The van der Waals surface area contributed by atoms with Gasteiger partial charge < -0.3 is 14.8 Å². The molecular formula is C14H20N4O3. The first kappa shape index (κ1) is 14.2. The van der Waals surface area contributed by atoms with E-state index in [0.29, 0.717) is 11.5 Å². The smallest absolute Gasteiger partial charge is 0.279 e. The van der Waals surface area contributed by atoms with Gasteiger partial charge in [-0.2, -0.15) is 0 Å². The molecule has 2 N–H and O–H groups in total. The van der Waals surface area contributed by atoms with Crippen LogP contribution in [0.25, 0.3) is 11.2 Å². The Morgan fingerprint density at radius 2 is 2.24 bits per heavy atom. The highest BCUT2D eigenvalue weighted by Crippen LogP contribution is 2.46. The highest BCUT2D eigenvalue weighted by atomic mass is 16.5. The molecule has 21 heavy (non-hydrogen) atoms. The van der Waals surface area contributed by atoms with Gasteiger partial charge in [-0.05, 0) is 13.3 Å². The molecule has 0 saturated carbocycles. The van der Waals surface area contributed by atoms with Crippen LogP contribution in [0.1, 0.15) is 39.2 Å². The van der Waals surface area contributed by atoms with E-state index in [1.807, 2.05) is 20.8 Å². The van der Waals surface area contributed by atoms with E-state index in [2.05, 4.69) is 15.0 Å². The van der Waals surface area contributed by atoms with Gasteiger partial charge >= 0.3 is 0 Å². The molecule has 0 aliphatic carbocycles. The lowest BCUT2D eigenvalue weighted by atomic mass is 9.84. The lowest BCUT2D eigenvalue weighted by Gasteiger charge is -2.28.